The summed E-state index contributed by atoms with van der Waals surface area (Å²) in [5.41, 5.74) is 1.23. The molecule has 0 aromatic heterocycles. The van der Waals surface area contributed by atoms with E-state index in [0.29, 0.717) is 51.9 Å². The van der Waals surface area contributed by atoms with Crippen LogP contribution in [0.4, 0.5) is 83.4 Å². The molecule has 0 radical (unpaired) electrons. The lowest BCUT2D eigenvalue weighted by Crippen LogP contribution is -2.31. The van der Waals surface area contributed by atoms with Gasteiger partial charge >= 0.3 is 30.7 Å². The van der Waals surface area contributed by atoms with Crippen molar-refractivity contribution in [3.63, 3.8) is 0 Å². The van der Waals surface area contributed by atoms with Crippen molar-refractivity contribution in [1.29, 1.82) is 0 Å². The van der Waals surface area contributed by atoms with Crippen molar-refractivity contribution in [2.75, 3.05) is 26.5 Å². The normalized spacial score (nSPS) is 16.0. The van der Waals surface area contributed by atoms with Gasteiger partial charge in [-0.05, 0) is 203 Å². The number of hydrogen-bond acceptors (Lipinski definition) is 3. The lowest BCUT2D eigenvalue weighted by atomic mass is 9.69. The highest BCUT2D eigenvalue weighted by atomic mass is 19.4. The largest absolute Gasteiger partial charge is 0.465 e. The van der Waals surface area contributed by atoms with E-state index in [2.05, 4.69) is 194 Å². The molecule has 0 aromatic carbocycles. The molecule has 822 valence electrons. The predicted octanol–water partition coefficient (Wildman–Crippen LogP) is 43.6. The second-order valence-electron chi connectivity index (χ2n) is 51.9. The summed E-state index contributed by atoms with van der Waals surface area (Å²) in [4.78, 5) is 10.8. The standard InChI is InChI=1S/C8H15F3.C8H16O.C8H16.2C8H18.C7H13F3.2C7H14F2.C7H12O2.C7H14.C7H16.C6H11F3.C6H12F2.C6H14.C5H9F3.C5H11F.CH4/c1-5(2)7(6(3)4)8(9,10)11;1-7(2)8-3-5-9-6-4-8;1-8(2,3)7-5-4-6-7;1-7(2)6-8(3,4)5;1-6-7(2)8(3,4)5;1-5(6(2,3)4)7(8,9)10;2*1-6(2,3)5-7(4,8)9;1-5(2)6-3-4-9-7(6)8;1-6(2)5-7-3-4-7;1-6(2)7(3,4)5;1-5(2)3-4-6(7,8)9;1-6(2,3)4-5(7)8;1-5-6(2,3)4;1-4(2)3-5(6,7)8;1-5(2)3-4-6;/h5-7H,1-4H3;7-8H,3-6H2,1-2H3;7H,4-6H2,1-3H3;2*7H,6H2,1-5H3;5H,1-4H3;2*5H2,1-4H3;5-6H,3-4H2,1-2H3;6-7H,3-5H2,1-2H3;6H,1-5H3;5H,3-4H2,1-2H3;5H,4H2,1-3H3;5H2,1-4H3;4H,3H2,1-2H3;5H,3-4H2,1-2H3;1H4/t;;;;;;;;6-;;;;;;;;/m........0......../s1. The number of carbonyl (C=O) groups excluding carboxylic acids is 1. The summed E-state index contributed by atoms with van der Waals surface area (Å²) in [5, 5.41) is 0. The van der Waals surface area contributed by atoms with E-state index < -0.39 is 73.1 Å². The summed E-state index contributed by atoms with van der Waals surface area (Å²) in [6, 6.07) is 0. The maximum absolute atomic E-state index is 12.2. The predicted molar refractivity (Wildman–Crippen MR) is 544 cm³/mol. The van der Waals surface area contributed by atoms with E-state index in [0.717, 1.165) is 80.8 Å². The molecule has 0 bridgehead atoms. The van der Waals surface area contributed by atoms with Gasteiger partial charge in [-0.15, -0.1) is 0 Å². The van der Waals surface area contributed by atoms with Crippen LogP contribution in [0.25, 0.3) is 0 Å². The van der Waals surface area contributed by atoms with Crippen LogP contribution in [0.1, 0.15) is 496 Å². The molecule has 133 heavy (non-hydrogen) atoms. The van der Waals surface area contributed by atoms with E-state index in [1.54, 1.807) is 96.9 Å². The van der Waals surface area contributed by atoms with Crippen LogP contribution in [0.2, 0.25) is 0 Å². The topological polar surface area (TPSA) is 35.5 Å². The first-order valence-corrected chi connectivity index (χ1v) is 50.3. The zero-order valence-corrected chi connectivity index (χ0v) is 96.1. The summed E-state index contributed by atoms with van der Waals surface area (Å²) in [6.45, 7) is 107. The monoisotopic (exact) mass is 1970 g/mol. The van der Waals surface area contributed by atoms with Crippen molar-refractivity contribution in [2.45, 2.75) is 539 Å². The number of alkyl halides is 19. The Morgan fingerprint density at radius 1 is 0.376 bits per heavy atom. The Balaban J connectivity index is -0.000000105. The quantitative estimate of drug-likeness (QED) is 0.114. The number of cyclic esters (lactones) is 1. The van der Waals surface area contributed by atoms with Gasteiger partial charge in [0.05, 0.1) is 31.0 Å². The van der Waals surface area contributed by atoms with E-state index in [9.17, 15) is 88.2 Å². The molecule has 2 unspecified atom stereocenters. The Bertz CT molecular complexity index is 2390. The molecule has 4 fully saturated rings. The van der Waals surface area contributed by atoms with Gasteiger partial charge in [-0.3, -0.25) is 9.18 Å². The minimum absolute atomic E-state index is 0. The van der Waals surface area contributed by atoms with Crippen molar-refractivity contribution in [3.8, 4) is 0 Å². The highest BCUT2D eigenvalue weighted by Crippen LogP contribution is 2.43. The van der Waals surface area contributed by atoms with Gasteiger partial charge in [0.25, 0.3) is 0 Å². The molecular weight excluding hydrogens is 1740 g/mol. The van der Waals surface area contributed by atoms with Gasteiger partial charge in [0.2, 0.25) is 18.3 Å². The fourth-order valence-electron chi connectivity index (χ4n) is 12.1. The molecule has 2 aliphatic heterocycles. The van der Waals surface area contributed by atoms with E-state index in [1.807, 2.05) is 55.4 Å². The average Bonchev–Trinajstić information content (AvgIpc) is 0.879. The van der Waals surface area contributed by atoms with Gasteiger partial charge in [-0.1, -0.05) is 393 Å². The van der Waals surface area contributed by atoms with Gasteiger partial charge < -0.3 is 9.47 Å². The molecular formula is C111H227F19O3. The van der Waals surface area contributed by atoms with Gasteiger partial charge in [-0.25, -0.2) is 26.3 Å². The van der Waals surface area contributed by atoms with Crippen molar-refractivity contribution in [3.05, 3.63) is 0 Å². The fraction of sp³-hybridized carbons (Fsp3) is 0.991. The van der Waals surface area contributed by atoms with E-state index in [1.165, 1.54) is 77.6 Å². The molecule has 3 atom stereocenters. The summed E-state index contributed by atoms with van der Waals surface area (Å²) in [6.07, 6.45) is -2.39. The molecule has 2 saturated heterocycles. The number of carbonyl (C=O) groups is 1. The van der Waals surface area contributed by atoms with E-state index >= 15 is 0 Å². The highest BCUT2D eigenvalue weighted by molar-refractivity contribution is 5.74. The first-order valence-electron chi connectivity index (χ1n) is 50.3. The Morgan fingerprint density at radius 2 is 0.722 bits per heavy atom. The molecule has 0 amide bonds. The molecule has 4 rings (SSSR count). The SMILES string of the molecule is C.CC(C(C)(C)C)C(F)(F)F.CC(C)(C)C1CCC1.CC(C)(C)CC(C)(F)F.CC(C)(C)CC(C)(F)F.CC(C)(C)CC(F)F.CC(C)C(C(C)C)C(F)(F)F.CC(C)C(C)(C)C.CC(C)C1CCOCC1.CC(C)CC(C)(C)C.CC(C)CC(F)(F)F.CC(C)CC1CC1.CC(C)CCC(F)(F)F.CC(C)CCF.CC(C)[C@@H]1CCOC1=O.CCC(C)(C)C.CCC(C)C(C)(C)C. The number of ether oxygens (including phenoxy) is 2. The third-order valence-corrected chi connectivity index (χ3v) is 22.1. The minimum Gasteiger partial charge on any atom is -0.465 e. The first kappa shape index (κ1) is 159. The molecule has 3 nitrogen and oxygen atoms in total. The third kappa shape index (κ3) is 143. The van der Waals surface area contributed by atoms with E-state index in [-0.39, 0.29) is 91.6 Å². The zero-order chi connectivity index (χ0) is 109. The molecule has 22 heteroatoms. The maximum atomic E-state index is 12.2. The van der Waals surface area contributed by atoms with Crippen LogP contribution in [0.5, 0.6) is 0 Å². The van der Waals surface area contributed by atoms with E-state index in [4.69, 9.17) is 9.47 Å². The smallest absolute Gasteiger partial charge is 0.392 e. The van der Waals surface area contributed by atoms with Crippen molar-refractivity contribution < 1.29 is 97.7 Å². The second-order valence-corrected chi connectivity index (χ2v) is 51.9. The van der Waals surface area contributed by atoms with Gasteiger partial charge in [0.1, 0.15) is 0 Å². The number of esters is 1. The third-order valence-electron chi connectivity index (χ3n) is 22.1. The van der Waals surface area contributed by atoms with Crippen LogP contribution in [-0.4, -0.2) is 75.4 Å². The molecule has 0 aromatic rings. The molecule has 0 spiro atoms. The van der Waals surface area contributed by atoms with Crippen LogP contribution in [0.15, 0.2) is 0 Å². The Hall–Kier alpha value is -1.90. The summed E-state index contributed by atoms with van der Waals surface area (Å²) in [7, 11) is 0. The molecule has 0 N–H and O–H groups in total. The van der Waals surface area contributed by atoms with Gasteiger partial charge in [-0.2, -0.15) is 52.7 Å². The Morgan fingerprint density at radius 3 is 0.774 bits per heavy atom. The molecule has 2 saturated carbocycles. The summed E-state index contributed by atoms with van der Waals surface area (Å²) in [5.74, 6) is 0.281. The Labute approximate surface area is 814 Å². The molecule has 2 aliphatic carbocycles. The van der Waals surface area contributed by atoms with Crippen molar-refractivity contribution in [1.82, 2.24) is 0 Å². The Kier molecular flexibility index (Phi) is 89.6. The second kappa shape index (κ2) is 74.9. The van der Waals surface area contributed by atoms with Crippen LogP contribution >= 0.6 is 0 Å². The fourth-order valence-corrected chi connectivity index (χ4v) is 12.1. The number of rotatable bonds is 16. The van der Waals surface area contributed by atoms with Crippen molar-refractivity contribution >= 4 is 5.97 Å². The van der Waals surface area contributed by atoms with Gasteiger partial charge in [0.15, 0.2) is 0 Å². The number of halogens is 19. The van der Waals surface area contributed by atoms with Gasteiger partial charge in [0, 0.05) is 45.3 Å². The summed E-state index contributed by atoms with van der Waals surface area (Å²) >= 11 is 0. The maximum Gasteiger partial charge on any atom is 0.392 e. The first-order chi connectivity index (χ1) is 57.7. The van der Waals surface area contributed by atoms with Crippen LogP contribution < -0.4 is 0 Å². The molecule has 2 heterocycles. The average molecular weight is 1970 g/mol. The summed E-state index contributed by atoms with van der Waals surface area (Å²) < 4.78 is 234. The van der Waals surface area contributed by atoms with Crippen LogP contribution in [0, 0.1) is 149 Å². The zero-order valence-electron chi connectivity index (χ0n) is 96.1. The number of hydrogen-bond donors (Lipinski definition) is 0. The minimum atomic E-state index is -4.06. The lowest BCUT2D eigenvalue weighted by Gasteiger charge is -2.37. The highest BCUT2D eigenvalue weighted by Gasteiger charge is 2.44. The lowest BCUT2D eigenvalue weighted by molar-refractivity contribution is -0.197. The van der Waals surface area contributed by atoms with Crippen LogP contribution in [0.3, 0.4) is 0 Å². The van der Waals surface area contributed by atoms with Crippen LogP contribution in [-0.2, 0) is 14.3 Å². The van der Waals surface area contributed by atoms with Crippen molar-refractivity contribution in [2.24, 2.45) is 149 Å². The molecule has 4 aliphatic rings.